The number of amides is 1. The number of nitrogens with one attached hydrogen (secondary N) is 1. The van der Waals surface area contributed by atoms with Gasteiger partial charge in [-0.05, 0) is 62.4 Å². The molecule has 3 aliphatic rings. The summed E-state index contributed by atoms with van der Waals surface area (Å²) in [6, 6.07) is 14.6. The van der Waals surface area contributed by atoms with Gasteiger partial charge in [-0.1, -0.05) is 24.3 Å². The van der Waals surface area contributed by atoms with Crippen molar-refractivity contribution in [1.82, 2.24) is 15.1 Å². The third-order valence-electron chi connectivity index (χ3n) is 7.58. The number of hydrogen-bond donors (Lipinski definition) is 2. The van der Waals surface area contributed by atoms with E-state index in [-0.39, 0.29) is 12.0 Å². The third-order valence-corrected chi connectivity index (χ3v) is 7.58. The van der Waals surface area contributed by atoms with Gasteiger partial charge in [-0.25, -0.2) is 0 Å². The van der Waals surface area contributed by atoms with E-state index in [2.05, 4.69) is 34.5 Å². The first-order chi connectivity index (χ1) is 17.1. The summed E-state index contributed by atoms with van der Waals surface area (Å²) in [6.45, 7) is 3.47. The number of aliphatic hydroxyl groups excluding tert-OH is 1. The van der Waals surface area contributed by atoms with Crippen LogP contribution in [-0.2, 0) is 13.0 Å². The summed E-state index contributed by atoms with van der Waals surface area (Å²) in [5, 5.41) is 14.2. The molecule has 2 heterocycles. The molecule has 0 aromatic heterocycles. The average molecular weight is 480 g/mol. The van der Waals surface area contributed by atoms with Gasteiger partial charge in [0.1, 0.15) is 18.1 Å². The number of fused-ring (bicyclic) bond motifs is 2. The van der Waals surface area contributed by atoms with Crippen molar-refractivity contribution in [3.05, 3.63) is 59.2 Å². The molecule has 0 radical (unpaired) electrons. The lowest BCUT2D eigenvalue weighted by Gasteiger charge is -2.32. The second-order valence-corrected chi connectivity index (χ2v) is 10.0. The molecule has 1 aliphatic carbocycles. The molecular formula is C28H37N3O4. The molecule has 0 spiro atoms. The minimum Gasteiger partial charge on any atom is -0.491 e. The summed E-state index contributed by atoms with van der Waals surface area (Å²) in [4.78, 5) is 17.3. The van der Waals surface area contributed by atoms with Crippen molar-refractivity contribution in [2.45, 2.75) is 56.9 Å². The lowest BCUT2D eigenvalue weighted by atomic mass is 9.93. The van der Waals surface area contributed by atoms with Gasteiger partial charge in [0, 0.05) is 38.3 Å². The number of carbonyl (C=O) groups excluding carboxylic acids is 1. The first kappa shape index (κ1) is 24.1. The first-order valence-electron chi connectivity index (χ1n) is 13.0. The van der Waals surface area contributed by atoms with Gasteiger partial charge in [0.2, 0.25) is 0 Å². The Kier molecular flexibility index (Phi) is 7.56. The van der Waals surface area contributed by atoms with Crippen LogP contribution >= 0.6 is 0 Å². The maximum Gasteiger partial charge on any atom is 0.257 e. The van der Waals surface area contributed by atoms with Crippen LogP contribution in [-0.4, -0.2) is 78.9 Å². The highest BCUT2D eigenvalue weighted by Crippen LogP contribution is 2.31. The Morgan fingerprint density at radius 2 is 1.89 bits per heavy atom. The van der Waals surface area contributed by atoms with E-state index in [1.165, 1.54) is 11.1 Å². The van der Waals surface area contributed by atoms with Crippen LogP contribution in [0.4, 0.5) is 0 Å². The summed E-state index contributed by atoms with van der Waals surface area (Å²) in [7, 11) is 2.02. The second-order valence-electron chi connectivity index (χ2n) is 10.0. The second kappa shape index (κ2) is 11.0. The zero-order valence-corrected chi connectivity index (χ0v) is 20.6. The molecular weight excluding hydrogens is 442 g/mol. The van der Waals surface area contributed by atoms with E-state index in [1.807, 2.05) is 19.2 Å². The standard InChI is InChI=1S/C28H37N3O4/c1-29-22-6-8-24(9-7-22)35-25-10-11-26-27(16-25)34-15-14-31(28(26)33)19-23(32)18-30-13-12-20-4-2-3-5-21(20)17-30/h2-5,10-11,16,22-24,29,32H,6-9,12-15,17-19H2,1H3. The van der Waals surface area contributed by atoms with Crippen LogP contribution in [0.2, 0.25) is 0 Å². The molecule has 0 bridgehead atoms. The summed E-state index contributed by atoms with van der Waals surface area (Å²) in [5.74, 6) is 1.23. The molecule has 0 saturated heterocycles. The topological polar surface area (TPSA) is 74.3 Å². The average Bonchev–Trinajstić information content (AvgIpc) is 3.02. The quantitative estimate of drug-likeness (QED) is 0.636. The van der Waals surface area contributed by atoms with Crippen LogP contribution in [0.1, 0.15) is 47.2 Å². The highest BCUT2D eigenvalue weighted by molar-refractivity contribution is 5.97. The van der Waals surface area contributed by atoms with Crippen molar-refractivity contribution in [3.63, 3.8) is 0 Å². The van der Waals surface area contributed by atoms with Crippen molar-refractivity contribution in [3.8, 4) is 11.5 Å². The molecule has 1 fully saturated rings. The summed E-state index contributed by atoms with van der Waals surface area (Å²) < 4.78 is 12.2. The van der Waals surface area contributed by atoms with Crippen molar-refractivity contribution in [1.29, 1.82) is 0 Å². The minimum atomic E-state index is -0.610. The molecule has 7 nitrogen and oxygen atoms in total. The predicted octanol–water partition coefficient (Wildman–Crippen LogP) is 2.85. The Balaban J connectivity index is 1.17. The van der Waals surface area contributed by atoms with Gasteiger partial charge in [0.25, 0.3) is 5.91 Å². The van der Waals surface area contributed by atoms with Gasteiger partial charge in [0.05, 0.1) is 24.3 Å². The Morgan fingerprint density at radius 1 is 1.09 bits per heavy atom. The lowest BCUT2D eigenvalue weighted by Crippen LogP contribution is -2.44. The monoisotopic (exact) mass is 479 g/mol. The zero-order valence-electron chi connectivity index (χ0n) is 20.6. The molecule has 2 aliphatic heterocycles. The number of aliphatic hydroxyl groups is 1. The fourth-order valence-corrected chi connectivity index (χ4v) is 5.57. The van der Waals surface area contributed by atoms with Gasteiger partial charge >= 0.3 is 0 Å². The molecule has 35 heavy (non-hydrogen) atoms. The molecule has 1 unspecified atom stereocenters. The van der Waals surface area contributed by atoms with Gasteiger partial charge < -0.3 is 24.8 Å². The number of ether oxygens (including phenoxy) is 2. The van der Waals surface area contributed by atoms with E-state index < -0.39 is 6.10 Å². The van der Waals surface area contributed by atoms with Crippen LogP contribution in [0.25, 0.3) is 0 Å². The SMILES string of the molecule is CNC1CCC(Oc2ccc3c(c2)OCCN(CC(O)CN2CCc4ccccc4C2)C3=O)CC1. The number of rotatable bonds is 7. The molecule has 2 aromatic carbocycles. The number of benzene rings is 2. The van der Waals surface area contributed by atoms with Crippen LogP contribution in [0.15, 0.2) is 42.5 Å². The van der Waals surface area contributed by atoms with E-state index in [0.29, 0.717) is 43.6 Å². The van der Waals surface area contributed by atoms with Gasteiger partial charge in [-0.3, -0.25) is 9.69 Å². The number of carbonyl (C=O) groups is 1. The van der Waals surface area contributed by atoms with Crippen LogP contribution in [0.3, 0.4) is 0 Å². The van der Waals surface area contributed by atoms with E-state index in [0.717, 1.165) is 50.9 Å². The van der Waals surface area contributed by atoms with Crippen molar-refractivity contribution >= 4 is 5.91 Å². The summed E-state index contributed by atoms with van der Waals surface area (Å²) in [6.07, 6.45) is 4.86. The molecule has 2 aromatic rings. The zero-order chi connectivity index (χ0) is 24.2. The summed E-state index contributed by atoms with van der Waals surface area (Å²) in [5.41, 5.74) is 3.25. The van der Waals surface area contributed by atoms with Gasteiger partial charge in [-0.15, -0.1) is 0 Å². The largest absolute Gasteiger partial charge is 0.491 e. The van der Waals surface area contributed by atoms with Crippen LogP contribution in [0, 0.1) is 0 Å². The lowest BCUT2D eigenvalue weighted by molar-refractivity contribution is 0.0501. The molecule has 5 rings (SSSR count). The Bertz CT molecular complexity index is 1020. The normalized spacial score (nSPS) is 23.6. The van der Waals surface area contributed by atoms with Crippen LogP contribution in [0.5, 0.6) is 11.5 Å². The van der Waals surface area contributed by atoms with Crippen molar-refractivity contribution < 1.29 is 19.4 Å². The highest BCUT2D eigenvalue weighted by atomic mass is 16.5. The third kappa shape index (κ3) is 5.80. The molecule has 7 heteroatoms. The Labute approximate surface area is 208 Å². The number of β-amino-alcohol motifs (C(OH)–C–C–N with tert-alkyl or cyclic N) is 1. The highest BCUT2D eigenvalue weighted by Gasteiger charge is 2.28. The van der Waals surface area contributed by atoms with E-state index in [1.54, 1.807) is 11.0 Å². The number of hydrogen-bond acceptors (Lipinski definition) is 6. The van der Waals surface area contributed by atoms with Crippen molar-refractivity contribution in [2.24, 2.45) is 0 Å². The van der Waals surface area contributed by atoms with Gasteiger partial charge in [-0.2, -0.15) is 0 Å². The molecule has 2 N–H and O–H groups in total. The van der Waals surface area contributed by atoms with E-state index >= 15 is 0 Å². The summed E-state index contributed by atoms with van der Waals surface area (Å²) >= 11 is 0. The van der Waals surface area contributed by atoms with E-state index in [9.17, 15) is 9.90 Å². The van der Waals surface area contributed by atoms with E-state index in [4.69, 9.17) is 9.47 Å². The molecule has 1 saturated carbocycles. The number of nitrogens with zero attached hydrogens (tertiary/aromatic N) is 2. The Hall–Kier alpha value is -2.61. The predicted molar refractivity (Wildman–Crippen MR) is 135 cm³/mol. The smallest absolute Gasteiger partial charge is 0.257 e. The maximum absolute atomic E-state index is 13.3. The minimum absolute atomic E-state index is 0.0957. The molecule has 188 valence electrons. The Morgan fingerprint density at radius 3 is 2.69 bits per heavy atom. The molecule has 1 atom stereocenters. The maximum atomic E-state index is 13.3. The molecule has 1 amide bonds. The van der Waals surface area contributed by atoms with Crippen molar-refractivity contribution in [2.75, 3.05) is 39.8 Å². The fraction of sp³-hybridized carbons (Fsp3) is 0.536. The van der Waals surface area contributed by atoms with Crippen LogP contribution < -0.4 is 14.8 Å². The van der Waals surface area contributed by atoms with Gasteiger partial charge in [0.15, 0.2) is 0 Å². The first-order valence-corrected chi connectivity index (χ1v) is 13.0. The fourth-order valence-electron chi connectivity index (χ4n) is 5.57.